The molecule has 9 nitrogen and oxygen atoms in total. The minimum atomic E-state index is -4.06. The van der Waals surface area contributed by atoms with E-state index >= 15 is 0 Å². The lowest BCUT2D eigenvalue weighted by Crippen LogP contribution is -2.16. The van der Waals surface area contributed by atoms with Gasteiger partial charge in [-0.3, -0.25) is 5.10 Å². The van der Waals surface area contributed by atoms with Crippen molar-refractivity contribution in [2.24, 2.45) is 0 Å². The number of ether oxygens (including phenoxy) is 2. The second-order valence-electron chi connectivity index (χ2n) is 4.92. The number of hydrogen-bond acceptors (Lipinski definition) is 7. The van der Waals surface area contributed by atoms with Gasteiger partial charge in [-0.2, -0.15) is 18.5 Å². The lowest BCUT2D eigenvalue weighted by molar-refractivity contribution is 0.256. The molecule has 0 bridgehead atoms. The number of rotatable bonds is 7. The normalized spacial score (nSPS) is 11.5. The van der Waals surface area contributed by atoms with Crippen molar-refractivity contribution in [2.45, 2.75) is 5.03 Å². The summed E-state index contributed by atoms with van der Waals surface area (Å²) in [4.78, 5) is 7.75. The Morgan fingerprint density at radius 2 is 2.19 bits per heavy atom. The molecule has 0 radical (unpaired) electrons. The van der Waals surface area contributed by atoms with Crippen molar-refractivity contribution < 1.29 is 22.3 Å². The monoisotopic (exact) mass is 401 g/mol. The number of aromatic nitrogens is 4. The van der Waals surface area contributed by atoms with Gasteiger partial charge in [-0.1, -0.05) is 11.6 Å². The molecular formula is C14H13ClFN5O4S. The average molecular weight is 402 g/mol. The van der Waals surface area contributed by atoms with Gasteiger partial charge in [0, 0.05) is 10.4 Å². The molecule has 2 aromatic heterocycles. The van der Waals surface area contributed by atoms with Crippen LogP contribution in [-0.4, -0.2) is 49.0 Å². The molecule has 12 heteroatoms. The van der Waals surface area contributed by atoms with Gasteiger partial charge < -0.3 is 9.47 Å². The van der Waals surface area contributed by atoms with E-state index in [4.69, 9.17) is 21.1 Å². The van der Waals surface area contributed by atoms with Crippen LogP contribution >= 0.6 is 11.6 Å². The Balaban J connectivity index is 1.91. The van der Waals surface area contributed by atoms with E-state index in [9.17, 15) is 12.8 Å². The minimum absolute atomic E-state index is 0.0348. The largest absolute Gasteiger partial charge is 0.484 e. The van der Waals surface area contributed by atoms with Crippen LogP contribution in [0.3, 0.4) is 0 Å². The first kappa shape index (κ1) is 18.1. The number of nitrogens with zero attached hydrogens (tertiary/aromatic N) is 3. The average Bonchev–Trinajstić information content (AvgIpc) is 3.04. The van der Waals surface area contributed by atoms with Crippen LogP contribution < -0.4 is 14.2 Å². The van der Waals surface area contributed by atoms with E-state index in [0.717, 1.165) is 0 Å². The minimum Gasteiger partial charge on any atom is -0.484 e. The van der Waals surface area contributed by atoms with Crippen molar-refractivity contribution in [3.05, 3.63) is 29.4 Å². The third kappa shape index (κ3) is 3.63. The second-order valence-corrected chi connectivity index (χ2v) is 6.98. The molecule has 0 aliphatic rings. The lowest BCUT2D eigenvalue weighted by Gasteiger charge is -2.10. The first-order valence-electron chi connectivity index (χ1n) is 7.21. The van der Waals surface area contributed by atoms with E-state index in [-0.39, 0.29) is 29.2 Å². The van der Waals surface area contributed by atoms with Gasteiger partial charge in [0.15, 0.2) is 10.8 Å². The molecule has 0 aliphatic carbocycles. The summed E-state index contributed by atoms with van der Waals surface area (Å²) < 4.78 is 49.7. The number of sulfonamides is 1. The van der Waals surface area contributed by atoms with E-state index in [1.165, 1.54) is 25.4 Å². The third-order valence-electron chi connectivity index (χ3n) is 3.23. The topological polar surface area (TPSA) is 119 Å². The fraction of sp³-hybridized carbons (Fsp3) is 0.214. The smallest absolute Gasteiger partial charge is 0.281 e. The molecule has 26 heavy (non-hydrogen) atoms. The van der Waals surface area contributed by atoms with E-state index in [2.05, 4.69) is 24.9 Å². The second kappa shape index (κ2) is 7.30. The van der Waals surface area contributed by atoms with E-state index in [0.29, 0.717) is 15.9 Å². The van der Waals surface area contributed by atoms with Crippen LogP contribution in [0.1, 0.15) is 0 Å². The van der Waals surface area contributed by atoms with Crippen LogP contribution in [0.25, 0.3) is 10.9 Å². The van der Waals surface area contributed by atoms with E-state index in [1.807, 2.05) is 0 Å². The number of hydrogen-bond donors (Lipinski definition) is 2. The number of halogens is 2. The van der Waals surface area contributed by atoms with Crippen LogP contribution in [0, 0.1) is 0 Å². The summed E-state index contributed by atoms with van der Waals surface area (Å²) in [6, 6.07) is 4.61. The first-order chi connectivity index (χ1) is 12.4. The van der Waals surface area contributed by atoms with Crippen molar-refractivity contribution >= 4 is 38.5 Å². The molecule has 0 atom stereocenters. The molecule has 138 valence electrons. The molecule has 0 spiro atoms. The number of fused-ring (bicyclic) bond motifs is 1. The van der Waals surface area contributed by atoms with Gasteiger partial charge in [0.05, 0.1) is 18.8 Å². The fourth-order valence-corrected chi connectivity index (χ4v) is 3.37. The van der Waals surface area contributed by atoms with Crippen LogP contribution in [0.2, 0.25) is 5.02 Å². The van der Waals surface area contributed by atoms with E-state index < -0.39 is 16.7 Å². The number of alkyl halides is 1. The van der Waals surface area contributed by atoms with Gasteiger partial charge >= 0.3 is 0 Å². The zero-order chi connectivity index (χ0) is 18.7. The molecule has 0 amide bonds. The highest BCUT2D eigenvalue weighted by atomic mass is 35.5. The fourth-order valence-electron chi connectivity index (χ4n) is 2.13. The molecule has 0 saturated heterocycles. The number of nitrogens with one attached hydrogen (secondary N) is 2. The van der Waals surface area contributed by atoms with Crippen LogP contribution in [0.5, 0.6) is 11.6 Å². The molecule has 0 fully saturated rings. The van der Waals surface area contributed by atoms with Gasteiger partial charge in [0.1, 0.15) is 13.3 Å². The Hall–Kier alpha value is -2.66. The van der Waals surface area contributed by atoms with Crippen LogP contribution in [-0.2, 0) is 10.0 Å². The molecule has 3 aromatic rings. The number of methoxy groups -OCH3 is 1. The number of H-pyrrole nitrogens is 1. The van der Waals surface area contributed by atoms with Crippen molar-refractivity contribution in [2.75, 3.05) is 25.1 Å². The zero-order valence-corrected chi connectivity index (χ0v) is 14.9. The Morgan fingerprint density at radius 1 is 1.38 bits per heavy atom. The first-order valence-corrected chi connectivity index (χ1v) is 9.07. The summed E-state index contributed by atoms with van der Waals surface area (Å²) in [6.07, 6.45) is 1.18. The number of aromatic amines is 1. The Labute approximate surface area is 152 Å². The maximum atomic E-state index is 12.6. The highest BCUT2D eigenvalue weighted by Gasteiger charge is 2.22. The molecule has 3 rings (SSSR count). The highest BCUT2D eigenvalue weighted by Crippen LogP contribution is 2.27. The summed E-state index contributed by atoms with van der Waals surface area (Å²) in [5.74, 6) is -0.187. The summed E-state index contributed by atoms with van der Waals surface area (Å²) in [5.41, 5.74) is 0.395. The quantitative estimate of drug-likeness (QED) is 0.622. The third-order valence-corrected chi connectivity index (χ3v) is 4.76. The highest BCUT2D eigenvalue weighted by molar-refractivity contribution is 7.92. The summed E-state index contributed by atoms with van der Waals surface area (Å²) in [5, 5.41) is 7.00. The van der Waals surface area contributed by atoms with Gasteiger partial charge in [-0.05, 0) is 18.2 Å². The Kier molecular flexibility index (Phi) is 5.09. The zero-order valence-electron chi connectivity index (χ0n) is 13.4. The van der Waals surface area contributed by atoms with Gasteiger partial charge in [0.2, 0.25) is 5.95 Å². The molecule has 0 saturated carbocycles. The van der Waals surface area contributed by atoms with Crippen molar-refractivity contribution in [3.63, 3.8) is 0 Å². The van der Waals surface area contributed by atoms with Crippen molar-refractivity contribution in [1.29, 1.82) is 0 Å². The number of anilines is 1. The Morgan fingerprint density at radius 3 is 2.92 bits per heavy atom. The van der Waals surface area contributed by atoms with Crippen LogP contribution in [0.4, 0.5) is 10.3 Å². The summed E-state index contributed by atoms with van der Waals surface area (Å²) >= 11 is 5.87. The summed E-state index contributed by atoms with van der Waals surface area (Å²) in [6.45, 7) is -0.901. The molecule has 0 aliphatic heterocycles. The SMILES string of the molecule is COc1nc(NS(=O)(=O)c2[nH]nc3cc(Cl)ccc23)ncc1OCCF. The predicted molar refractivity (Wildman–Crippen MR) is 92.0 cm³/mol. The van der Waals surface area contributed by atoms with Gasteiger partial charge in [-0.15, -0.1) is 0 Å². The number of benzene rings is 1. The Bertz CT molecular complexity index is 1040. The van der Waals surface area contributed by atoms with Crippen LogP contribution in [0.15, 0.2) is 29.4 Å². The van der Waals surface area contributed by atoms with Gasteiger partial charge in [-0.25, -0.2) is 14.1 Å². The van der Waals surface area contributed by atoms with Crippen molar-refractivity contribution in [3.8, 4) is 11.6 Å². The lowest BCUT2D eigenvalue weighted by atomic mass is 10.3. The molecule has 2 heterocycles. The van der Waals surface area contributed by atoms with Crippen molar-refractivity contribution in [1.82, 2.24) is 20.2 Å². The molecular weight excluding hydrogens is 389 g/mol. The van der Waals surface area contributed by atoms with E-state index in [1.54, 1.807) is 6.07 Å². The molecule has 1 aromatic carbocycles. The van der Waals surface area contributed by atoms with Gasteiger partial charge in [0.25, 0.3) is 15.9 Å². The predicted octanol–water partition coefficient (Wildman–Crippen LogP) is 2.16. The molecule has 0 unspecified atom stereocenters. The maximum absolute atomic E-state index is 12.6. The summed E-state index contributed by atoms with van der Waals surface area (Å²) in [7, 11) is -2.74. The molecule has 2 N–H and O–H groups in total. The maximum Gasteiger partial charge on any atom is 0.281 e. The standard InChI is InChI=1S/C14H13ClFN5O4S/c1-24-12-11(25-5-4-16)7-17-14(18-12)21-26(22,23)13-9-3-2-8(15)6-10(9)19-20-13/h2-3,6-7H,4-5H2,1H3,(H,19,20)(H,17,18,21).